The van der Waals surface area contributed by atoms with Crippen molar-refractivity contribution in [3.05, 3.63) is 69.1 Å². The Hall–Kier alpha value is -2.22. The third-order valence-electron chi connectivity index (χ3n) is 4.42. The number of anilines is 1. The summed E-state index contributed by atoms with van der Waals surface area (Å²) in [7, 11) is 0. The molecule has 5 nitrogen and oxygen atoms in total. The average Bonchev–Trinajstić information content (AvgIpc) is 3.22. The highest BCUT2D eigenvalue weighted by Gasteiger charge is 2.28. The number of benzene rings is 1. The second kappa shape index (κ2) is 8.43. The number of aromatic nitrogens is 2. The van der Waals surface area contributed by atoms with E-state index in [0.29, 0.717) is 29.1 Å². The molecule has 1 aliphatic rings. The summed E-state index contributed by atoms with van der Waals surface area (Å²) in [5.74, 6) is 0.463. The van der Waals surface area contributed by atoms with E-state index in [0.717, 1.165) is 4.90 Å². The lowest BCUT2D eigenvalue weighted by atomic mass is 9.86. The SMILES string of the molecule is O=C(CSc1ccc(Cl)cc1)Nc1ncc2c(n1)CC(c1cccs1)CC2=O. The number of hydrogen-bond donors (Lipinski definition) is 1. The van der Waals surface area contributed by atoms with Gasteiger partial charge in [0.25, 0.3) is 0 Å². The standard InChI is InChI=1S/C20H16ClN3O2S2/c21-13-3-5-14(6-4-13)28-11-19(26)24-20-22-10-15-16(23-20)8-12(9-17(15)25)18-2-1-7-27-18/h1-7,10,12H,8-9,11H2,(H,22,23,24,26). The molecule has 1 N–H and O–H groups in total. The fraction of sp³-hybridized carbons (Fsp3) is 0.200. The monoisotopic (exact) mass is 429 g/mol. The largest absolute Gasteiger partial charge is 0.294 e. The molecule has 1 atom stereocenters. The van der Waals surface area contributed by atoms with E-state index in [4.69, 9.17) is 11.6 Å². The maximum absolute atomic E-state index is 12.4. The van der Waals surface area contributed by atoms with Gasteiger partial charge in [0.15, 0.2) is 5.78 Å². The van der Waals surface area contributed by atoms with Crippen molar-refractivity contribution < 1.29 is 9.59 Å². The van der Waals surface area contributed by atoms with E-state index in [1.165, 1.54) is 22.8 Å². The molecule has 1 unspecified atom stereocenters. The second-order valence-electron chi connectivity index (χ2n) is 6.39. The van der Waals surface area contributed by atoms with Crippen LogP contribution in [0.4, 0.5) is 5.95 Å². The topological polar surface area (TPSA) is 72.0 Å². The molecule has 0 saturated heterocycles. The molecule has 2 heterocycles. The van der Waals surface area contributed by atoms with E-state index < -0.39 is 0 Å². The molecule has 8 heteroatoms. The van der Waals surface area contributed by atoms with Gasteiger partial charge in [-0.1, -0.05) is 17.7 Å². The maximum Gasteiger partial charge on any atom is 0.237 e. The minimum atomic E-state index is -0.197. The van der Waals surface area contributed by atoms with Crippen LogP contribution in [0.5, 0.6) is 0 Å². The first-order valence-electron chi connectivity index (χ1n) is 8.69. The van der Waals surface area contributed by atoms with Gasteiger partial charge in [-0.3, -0.25) is 14.9 Å². The zero-order chi connectivity index (χ0) is 19.5. The van der Waals surface area contributed by atoms with Gasteiger partial charge in [-0.15, -0.1) is 23.1 Å². The van der Waals surface area contributed by atoms with E-state index in [9.17, 15) is 9.59 Å². The molecule has 1 aromatic carbocycles. The van der Waals surface area contributed by atoms with E-state index in [1.807, 2.05) is 29.6 Å². The Morgan fingerprint density at radius 2 is 2.07 bits per heavy atom. The van der Waals surface area contributed by atoms with Gasteiger partial charge >= 0.3 is 0 Å². The predicted molar refractivity (Wildman–Crippen MR) is 113 cm³/mol. The normalized spacial score (nSPS) is 15.9. The smallest absolute Gasteiger partial charge is 0.237 e. The van der Waals surface area contributed by atoms with Crippen LogP contribution < -0.4 is 5.32 Å². The van der Waals surface area contributed by atoms with Crippen molar-refractivity contribution in [3.8, 4) is 0 Å². The van der Waals surface area contributed by atoms with Crippen LogP contribution in [-0.2, 0) is 11.2 Å². The molecule has 0 aliphatic heterocycles. The molecule has 0 saturated carbocycles. The molecule has 142 valence electrons. The number of thiophene rings is 1. The Morgan fingerprint density at radius 3 is 2.82 bits per heavy atom. The lowest BCUT2D eigenvalue weighted by molar-refractivity contribution is -0.113. The Kier molecular flexibility index (Phi) is 5.75. The molecule has 0 bridgehead atoms. The highest BCUT2D eigenvalue weighted by Crippen LogP contribution is 2.34. The number of thioether (sulfide) groups is 1. The molecular formula is C20H16ClN3O2S2. The van der Waals surface area contributed by atoms with Gasteiger partial charge in [0.2, 0.25) is 11.9 Å². The van der Waals surface area contributed by atoms with Crippen molar-refractivity contribution in [2.45, 2.75) is 23.7 Å². The summed E-state index contributed by atoms with van der Waals surface area (Å²) in [6, 6.07) is 11.3. The van der Waals surface area contributed by atoms with Crippen LogP contribution in [-0.4, -0.2) is 27.4 Å². The first-order valence-corrected chi connectivity index (χ1v) is 10.9. The lowest BCUT2D eigenvalue weighted by Gasteiger charge is -2.22. The van der Waals surface area contributed by atoms with Crippen LogP contribution in [0.15, 0.2) is 52.9 Å². The minimum Gasteiger partial charge on any atom is -0.294 e. The molecule has 0 radical (unpaired) electrons. The van der Waals surface area contributed by atoms with Crippen molar-refractivity contribution >= 4 is 52.3 Å². The molecule has 28 heavy (non-hydrogen) atoms. The first-order chi connectivity index (χ1) is 13.6. The summed E-state index contributed by atoms with van der Waals surface area (Å²) in [6.45, 7) is 0. The number of nitrogens with one attached hydrogen (secondary N) is 1. The van der Waals surface area contributed by atoms with Gasteiger partial charge in [-0.05, 0) is 42.1 Å². The van der Waals surface area contributed by atoms with Crippen LogP contribution >= 0.6 is 34.7 Å². The van der Waals surface area contributed by atoms with Crippen molar-refractivity contribution in [3.63, 3.8) is 0 Å². The Bertz CT molecular complexity index is 1010. The zero-order valence-electron chi connectivity index (χ0n) is 14.7. The fourth-order valence-electron chi connectivity index (χ4n) is 3.07. The molecular weight excluding hydrogens is 414 g/mol. The quantitative estimate of drug-likeness (QED) is 0.588. The molecule has 0 spiro atoms. The van der Waals surface area contributed by atoms with Crippen molar-refractivity contribution in [1.29, 1.82) is 0 Å². The number of halogens is 1. The van der Waals surface area contributed by atoms with Crippen molar-refractivity contribution in [2.24, 2.45) is 0 Å². The second-order valence-corrected chi connectivity index (χ2v) is 8.85. The van der Waals surface area contributed by atoms with E-state index >= 15 is 0 Å². The Labute approximate surface area is 175 Å². The molecule has 2 aromatic heterocycles. The third-order valence-corrected chi connectivity index (χ3v) is 6.72. The highest BCUT2D eigenvalue weighted by atomic mass is 35.5. The first kappa shape index (κ1) is 19.1. The number of carbonyl (C=O) groups excluding carboxylic acids is 2. The summed E-state index contributed by atoms with van der Waals surface area (Å²) in [4.78, 5) is 35.4. The minimum absolute atomic E-state index is 0.0517. The molecule has 1 aliphatic carbocycles. The number of ketones is 1. The van der Waals surface area contributed by atoms with Gasteiger partial charge in [0.1, 0.15) is 0 Å². The zero-order valence-corrected chi connectivity index (χ0v) is 17.1. The molecule has 1 amide bonds. The van der Waals surface area contributed by atoms with Crippen molar-refractivity contribution in [2.75, 3.05) is 11.1 Å². The van der Waals surface area contributed by atoms with Crippen LogP contribution in [0.25, 0.3) is 0 Å². The maximum atomic E-state index is 12.4. The Morgan fingerprint density at radius 1 is 1.25 bits per heavy atom. The van der Waals surface area contributed by atoms with Crippen LogP contribution in [0.1, 0.15) is 33.3 Å². The lowest BCUT2D eigenvalue weighted by Crippen LogP contribution is -2.22. The summed E-state index contributed by atoms with van der Waals surface area (Å²) >= 11 is 8.92. The third kappa shape index (κ3) is 4.43. The van der Waals surface area contributed by atoms with Crippen LogP contribution in [0.2, 0.25) is 5.02 Å². The van der Waals surface area contributed by atoms with Gasteiger partial charge in [-0.25, -0.2) is 9.97 Å². The fourth-order valence-corrected chi connectivity index (χ4v) is 4.73. The Balaban J connectivity index is 1.42. The molecule has 0 fully saturated rings. The number of nitrogens with zero attached hydrogens (tertiary/aromatic N) is 2. The number of hydrogen-bond acceptors (Lipinski definition) is 6. The summed E-state index contributed by atoms with van der Waals surface area (Å²) in [5.41, 5.74) is 1.26. The number of carbonyl (C=O) groups is 2. The number of Topliss-reactive ketones (excluding diaryl/α,β-unsaturated/α-hetero) is 1. The predicted octanol–water partition coefficient (Wildman–Crippen LogP) is 4.84. The van der Waals surface area contributed by atoms with Gasteiger partial charge in [0.05, 0.1) is 17.0 Å². The van der Waals surface area contributed by atoms with E-state index in [-0.39, 0.29) is 29.3 Å². The average molecular weight is 430 g/mol. The summed E-state index contributed by atoms with van der Waals surface area (Å²) in [6.07, 6.45) is 2.67. The van der Waals surface area contributed by atoms with E-state index in [1.54, 1.807) is 23.5 Å². The molecule has 4 rings (SSSR count). The van der Waals surface area contributed by atoms with Crippen LogP contribution in [0.3, 0.4) is 0 Å². The molecule has 3 aromatic rings. The van der Waals surface area contributed by atoms with Gasteiger partial charge in [0, 0.05) is 33.3 Å². The van der Waals surface area contributed by atoms with Gasteiger partial charge < -0.3 is 0 Å². The van der Waals surface area contributed by atoms with E-state index in [2.05, 4.69) is 15.3 Å². The number of rotatable bonds is 5. The van der Waals surface area contributed by atoms with Gasteiger partial charge in [-0.2, -0.15) is 0 Å². The number of fused-ring (bicyclic) bond motifs is 1. The van der Waals surface area contributed by atoms with Crippen LogP contribution in [0, 0.1) is 0 Å². The highest BCUT2D eigenvalue weighted by molar-refractivity contribution is 8.00. The summed E-state index contributed by atoms with van der Waals surface area (Å²) < 4.78 is 0. The summed E-state index contributed by atoms with van der Waals surface area (Å²) in [5, 5.41) is 5.39. The number of amides is 1. The van der Waals surface area contributed by atoms with Crippen molar-refractivity contribution in [1.82, 2.24) is 9.97 Å².